The first-order valence-electron chi connectivity index (χ1n) is 11.7. The molecule has 33 heavy (non-hydrogen) atoms. The molecule has 3 aromatic rings. The van der Waals surface area contributed by atoms with Crippen LogP contribution >= 0.6 is 0 Å². The average Bonchev–Trinajstić information content (AvgIpc) is 3.37. The molecule has 1 fully saturated rings. The van der Waals surface area contributed by atoms with Gasteiger partial charge in [-0.15, -0.1) is 0 Å². The Morgan fingerprint density at radius 1 is 1.18 bits per heavy atom. The number of nitrogens with one attached hydrogen (secondary N) is 1. The van der Waals surface area contributed by atoms with Crippen LogP contribution in [0.4, 0.5) is 0 Å². The second-order valence-electron chi connectivity index (χ2n) is 8.76. The molecule has 2 aromatic carbocycles. The molecule has 0 radical (unpaired) electrons. The van der Waals surface area contributed by atoms with Gasteiger partial charge in [-0.2, -0.15) is 0 Å². The molecule has 2 aliphatic heterocycles. The first kappa shape index (κ1) is 21.3. The summed E-state index contributed by atoms with van der Waals surface area (Å²) in [7, 11) is 0. The highest BCUT2D eigenvalue weighted by molar-refractivity contribution is 6.46. The summed E-state index contributed by atoms with van der Waals surface area (Å²) >= 11 is 0. The first-order chi connectivity index (χ1) is 16.1. The summed E-state index contributed by atoms with van der Waals surface area (Å²) in [5, 5.41) is 12.3. The maximum Gasteiger partial charge on any atom is 0.295 e. The molecule has 5 rings (SSSR count). The smallest absolute Gasteiger partial charge is 0.295 e. The molecule has 3 heterocycles. The predicted octanol–water partition coefficient (Wildman–Crippen LogP) is 5.10. The number of aromatic nitrogens is 1. The van der Waals surface area contributed by atoms with Crippen molar-refractivity contribution in [1.29, 1.82) is 0 Å². The van der Waals surface area contributed by atoms with Crippen molar-refractivity contribution in [3.63, 3.8) is 0 Å². The molecule has 0 spiro atoms. The van der Waals surface area contributed by atoms with Crippen LogP contribution in [0.15, 0.2) is 54.2 Å². The van der Waals surface area contributed by atoms with Crippen molar-refractivity contribution >= 4 is 28.4 Å². The summed E-state index contributed by atoms with van der Waals surface area (Å²) < 4.78 is 5.69. The third-order valence-corrected chi connectivity index (χ3v) is 6.64. The van der Waals surface area contributed by atoms with Gasteiger partial charge in [-0.25, -0.2) is 0 Å². The third kappa shape index (κ3) is 3.69. The van der Waals surface area contributed by atoms with E-state index in [9.17, 15) is 14.7 Å². The molecule has 0 saturated carbocycles. The number of benzene rings is 2. The van der Waals surface area contributed by atoms with Gasteiger partial charge in [-0.3, -0.25) is 9.59 Å². The van der Waals surface area contributed by atoms with Gasteiger partial charge in [0.15, 0.2) is 0 Å². The Hall–Kier alpha value is -3.54. The number of carbonyl (C=O) groups is 2. The summed E-state index contributed by atoms with van der Waals surface area (Å²) in [6.45, 7) is 3.25. The van der Waals surface area contributed by atoms with Crippen molar-refractivity contribution < 1.29 is 19.4 Å². The minimum atomic E-state index is -0.634. The number of ketones is 1. The maximum atomic E-state index is 13.2. The second-order valence-corrected chi connectivity index (χ2v) is 8.76. The number of fused-ring (bicyclic) bond motifs is 2. The van der Waals surface area contributed by atoms with Crippen LogP contribution in [0.5, 0.6) is 5.75 Å². The standard InChI is InChI=1S/C27H28N2O4/c1-2-3-6-13-29-24(20-16-28-21-10-5-4-9-19(20)21)23(26(31)27(29)32)25(30)18-11-12-22-17(15-18)8-7-14-33-22/h4-5,9-12,15-16,24,28,30H,2-3,6-8,13-14H2,1H3/b25-23+. The fourth-order valence-electron chi connectivity index (χ4n) is 4.95. The Labute approximate surface area is 192 Å². The lowest BCUT2D eigenvalue weighted by molar-refractivity contribution is -0.139. The van der Waals surface area contributed by atoms with E-state index in [2.05, 4.69) is 11.9 Å². The molecule has 0 bridgehead atoms. The number of aliphatic hydroxyl groups excluding tert-OH is 1. The number of likely N-dealkylation sites (tertiary alicyclic amines) is 1. The average molecular weight is 445 g/mol. The molecule has 6 nitrogen and oxygen atoms in total. The van der Waals surface area contributed by atoms with Gasteiger partial charge >= 0.3 is 0 Å². The number of hydrogen-bond donors (Lipinski definition) is 2. The Bertz CT molecular complexity index is 1260. The van der Waals surface area contributed by atoms with Crippen LogP contribution in [0.2, 0.25) is 0 Å². The minimum Gasteiger partial charge on any atom is -0.507 e. The van der Waals surface area contributed by atoms with Crippen LogP contribution in [0.3, 0.4) is 0 Å². The second kappa shape index (κ2) is 8.77. The Kier molecular flexibility index (Phi) is 5.67. The number of carbonyl (C=O) groups excluding carboxylic acids is 2. The molecule has 170 valence electrons. The number of H-pyrrole nitrogens is 1. The number of aromatic amines is 1. The number of aryl methyl sites for hydroxylation is 1. The molecule has 2 aliphatic rings. The molecular weight excluding hydrogens is 416 g/mol. The van der Waals surface area contributed by atoms with Crippen molar-refractivity contribution in [3.05, 3.63) is 70.9 Å². The first-order valence-corrected chi connectivity index (χ1v) is 11.7. The number of ether oxygens (including phenoxy) is 1. The van der Waals surface area contributed by atoms with Crippen LogP contribution in [0.1, 0.15) is 55.3 Å². The predicted molar refractivity (Wildman–Crippen MR) is 127 cm³/mol. The Morgan fingerprint density at radius 2 is 2.03 bits per heavy atom. The normalized spacial score (nSPS) is 19.7. The molecule has 6 heteroatoms. The van der Waals surface area contributed by atoms with Crippen LogP contribution in [0.25, 0.3) is 16.7 Å². The molecule has 1 saturated heterocycles. The van der Waals surface area contributed by atoms with Crippen molar-refractivity contribution in [3.8, 4) is 5.75 Å². The lowest BCUT2D eigenvalue weighted by Crippen LogP contribution is -2.30. The number of hydrogen-bond acceptors (Lipinski definition) is 4. The summed E-state index contributed by atoms with van der Waals surface area (Å²) in [4.78, 5) is 31.2. The van der Waals surface area contributed by atoms with Gasteiger partial charge in [-0.1, -0.05) is 38.0 Å². The van der Waals surface area contributed by atoms with Crippen LogP contribution in [-0.2, 0) is 16.0 Å². The zero-order valence-electron chi connectivity index (χ0n) is 18.8. The molecule has 1 aromatic heterocycles. The zero-order valence-corrected chi connectivity index (χ0v) is 18.8. The number of nitrogens with zero attached hydrogens (tertiary/aromatic N) is 1. The van der Waals surface area contributed by atoms with E-state index >= 15 is 0 Å². The van der Waals surface area contributed by atoms with E-state index in [0.717, 1.165) is 59.9 Å². The topological polar surface area (TPSA) is 82.6 Å². The molecule has 1 atom stereocenters. The summed E-state index contributed by atoms with van der Waals surface area (Å²) in [5.74, 6) is -0.501. The number of para-hydroxylation sites is 1. The largest absolute Gasteiger partial charge is 0.507 e. The van der Waals surface area contributed by atoms with Gasteiger partial charge in [0.25, 0.3) is 11.7 Å². The van der Waals surface area contributed by atoms with E-state index in [1.165, 1.54) is 0 Å². The third-order valence-electron chi connectivity index (χ3n) is 6.64. The van der Waals surface area contributed by atoms with Crippen LogP contribution in [0, 0.1) is 0 Å². The Balaban J connectivity index is 1.65. The van der Waals surface area contributed by atoms with E-state index in [0.29, 0.717) is 18.7 Å². The molecular formula is C27H28N2O4. The van der Waals surface area contributed by atoms with E-state index in [1.807, 2.05) is 42.6 Å². The maximum absolute atomic E-state index is 13.2. The van der Waals surface area contributed by atoms with Crippen molar-refractivity contribution in [2.45, 2.75) is 45.1 Å². The summed E-state index contributed by atoms with van der Waals surface area (Å²) in [6, 6.07) is 12.7. The van der Waals surface area contributed by atoms with Gasteiger partial charge in [0.2, 0.25) is 0 Å². The van der Waals surface area contributed by atoms with Crippen LogP contribution in [-0.4, -0.2) is 39.8 Å². The number of rotatable bonds is 6. The van der Waals surface area contributed by atoms with Gasteiger partial charge < -0.3 is 19.7 Å². The van der Waals surface area contributed by atoms with E-state index < -0.39 is 17.7 Å². The highest BCUT2D eigenvalue weighted by atomic mass is 16.5. The quantitative estimate of drug-likeness (QED) is 0.240. The molecule has 1 amide bonds. The monoisotopic (exact) mass is 444 g/mol. The number of Topliss-reactive ketones (excluding diaryl/α,β-unsaturated/α-hetero) is 1. The minimum absolute atomic E-state index is 0.130. The zero-order chi connectivity index (χ0) is 22.9. The molecule has 1 unspecified atom stereocenters. The van der Waals surface area contributed by atoms with Gasteiger partial charge in [0.05, 0.1) is 18.2 Å². The fourth-order valence-corrected chi connectivity index (χ4v) is 4.95. The SMILES string of the molecule is CCCCCN1C(=O)C(=O)/C(=C(/O)c2ccc3c(c2)CCCO3)C1c1c[nH]c2ccccc12. The number of amides is 1. The van der Waals surface area contributed by atoms with Crippen molar-refractivity contribution in [2.24, 2.45) is 0 Å². The highest BCUT2D eigenvalue weighted by Gasteiger charge is 2.46. The lowest BCUT2D eigenvalue weighted by Gasteiger charge is -2.25. The summed E-state index contributed by atoms with van der Waals surface area (Å²) in [6.07, 6.45) is 6.40. The van der Waals surface area contributed by atoms with Gasteiger partial charge in [0, 0.05) is 34.8 Å². The summed E-state index contributed by atoms with van der Waals surface area (Å²) in [5.41, 5.74) is 3.45. The van der Waals surface area contributed by atoms with Crippen molar-refractivity contribution in [1.82, 2.24) is 9.88 Å². The van der Waals surface area contributed by atoms with Crippen molar-refractivity contribution in [2.75, 3.05) is 13.2 Å². The fraction of sp³-hybridized carbons (Fsp3) is 0.333. The van der Waals surface area contributed by atoms with Gasteiger partial charge in [0.1, 0.15) is 11.5 Å². The van der Waals surface area contributed by atoms with E-state index in [4.69, 9.17) is 4.74 Å². The molecule has 0 aliphatic carbocycles. The van der Waals surface area contributed by atoms with Crippen LogP contribution < -0.4 is 4.74 Å². The highest BCUT2D eigenvalue weighted by Crippen LogP contribution is 2.42. The van der Waals surface area contributed by atoms with E-state index in [1.54, 1.807) is 11.0 Å². The van der Waals surface area contributed by atoms with E-state index in [-0.39, 0.29) is 11.3 Å². The number of unbranched alkanes of at least 4 members (excludes halogenated alkanes) is 2. The molecule has 2 N–H and O–H groups in total. The number of aliphatic hydroxyl groups is 1. The lowest BCUT2D eigenvalue weighted by atomic mass is 9.93. The van der Waals surface area contributed by atoms with Gasteiger partial charge in [-0.05, 0) is 49.1 Å². The Morgan fingerprint density at radius 3 is 2.88 bits per heavy atom.